The third kappa shape index (κ3) is 15.7. The summed E-state index contributed by atoms with van der Waals surface area (Å²) in [4.78, 5) is 0. The molecule has 0 saturated heterocycles. The normalized spacial score (nSPS) is 4.80. The zero-order valence-corrected chi connectivity index (χ0v) is 7.09. The van der Waals surface area contributed by atoms with Crippen LogP contribution < -0.4 is 0 Å². The summed E-state index contributed by atoms with van der Waals surface area (Å²) in [5, 5.41) is 0. The average molecular weight is 180 g/mol. The van der Waals surface area contributed by atoms with Crippen LogP contribution in [0.25, 0.3) is 0 Å². The molecule has 0 spiro atoms. The van der Waals surface area contributed by atoms with Gasteiger partial charge >= 0.3 is 0 Å². The Bertz CT molecular complexity index is 80.3. The van der Waals surface area contributed by atoms with Crippen LogP contribution in [0.5, 0.6) is 0 Å². The van der Waals surface area contributed by atoms with Crippen molar-refractivity contribution in [3.63, 3.8) is 0 Å². The van der Waals surface area contributed by atoms with Crippen molar-refractivity contribution in [2.45, 2.75) is 0 Å². The molecule has 0 aliphatic heterocycles. The molecule has 0 aromatic heterocycles. The molecular formula is C9H13Co-. The van der Waals surface area contributed by atoms with Gasteiger partial charge in [-0.15, -0.1) is 26.3 Å². The summed E-state index contributed by atoms with van der Waals surface area (Å²) in [6.07, 6.45) is 0. The standard InChI is InChI=1S/C5H5.2C2H4.Co/c1-2-4-5-3-1;2*1-2;/h1-5H;2*1-2H2;/q-1;;;. The zero-order chi connectivity index (χ0) is 7.54. The van der Waals surface area contributed by atoms with E-state index in [-0.39, 0.29) is 16.8 Å². The van der Waals surface area contributed by atoms with Crippen molar-refractivity contribution in [3.8, 4) is 0 Å². The van der Waals surface area contributed by atoms with Crippen molar-refractivity contribution in [3.05, 3.63) is 56.6 Å². The van der Waals surface area contributed by atoms with E-state index >= 15 is 0 Å². The molecule has 1 aromatic carbocycles. The maximum absolute atomic E-state index is 3.00. The first-order valence-corrected chi connectivity index (χ1v) is 2.67. The zero-order valence-electron chi connectivity index (χ0n) is 6.05. The van der Waals surface area contributed by atoms with E-state index in [4.69, 9.17) is 0 Å². The smallest absolute Gasteiger partial charge is 0 e. The van der Waals surface area contributed by atoms with E-state index in [1.807, 2.05) is 30.3 Å². The van der Waals surface area contributed by atoms with Gasteiger partial charge in [-0.25, -0.2) is 12.1 Å². The largest absolute Gasteiger partial charge is 0.214 e. The van der Waals surface area contributed by atoms with E-state index in [0.29, 0.717) is 0 Å². The molecular weight excluding hydrogens is 167 g/mol. The SMILES string of the molecule is C=C.C=C.[Co].c1cc[cH-]c1. The summed E-state index contributed by atoms with van der Waals surface area (Å²) >= 11 is 0. The van der Waals surface area contributed by atoms with Gasteiger partial charge in [0.2, 0.25) is 0 Å². The fourth-order valence-electron chi connectivity index (χ4n) is 0.321. The van der Waals surface area contributed by atoms with Gasteiger partial charge in [-0.3, -0.25) is 0 Å². The van der Waals surface area contributed by atoms with Crippen molar-refractivity contribution in [1.29, 1.82) is 0 Å². The van der Waals surface area contributed by atoms with Gasteiger partial charge in [0.15, 0.2) is 0 Å². The van der Waals surface area contributed by atoms with Crippen LogP contribution in [-0.4, -0.2) is 0 Å². The van der Waals surface area contributed by atoms with Gasteiger partial charge in [-0.05, 0) is 0 Å². The monoisotopic (exact) mass is 180 g/mol. The minimum absolute atomic E-state index is 0. The molecule has 1 aromatic rings. The minimum atomic E-state index is 0. The molecule has 59 valence electrons. The Morgan fingerprint density at radius 2 is 1.10 bits per heavy atom. The molecule has 0 fully saturated rings. The number of hydrogen-bond acceptors (Lipinski definition) is 0. The van der Waals surface area contributed by atoms with Crippen LogP contribution in [-0.2, 0) is 16.8 Å². The molecule has 1 heteroatoms. The van der Waals surface area contributed by atoms with Crippen LogP contribution in [0, 0.1) is 0 Å². The van der Waals surface area contributed by atoms with Crippen LogP contribution in [0.2, 0.25) is 0 Å². The van der Waals surface area contributed by atoms with E-state index < -0.39 is 0 Å². The second-order valence-electron chi connectivity index (χ2n) is 0.962. The first-order chi connectivity index (χ1) is 4.50. The Kier molecular flexibility index (Phi) is 38.6. The quantitative estimate of drug-likeness (QED) is 0.425. The van der Waals surface area contributed by atoms with E-state index in [9.17, 15) is 0 Å². The Labute approximate surface area is 73.8 Å². The molecule has 0 N–H and O–H groups in total. The third-order valence-electron chi connectivity index (χ3n) is 0.556. The molecule has 10 heavy (non-hydrogen) atoms. The van der Waals surface area contributed by atoms with Gasteiger partial charge in [0.1, 0.15) is 0 Å². The fourth-order valence-corrected chi connectivity index (χ4v) is 0.321. The summed E-state index contributed by atoms with van der Waals surface area (Å²) in [6, 6.07) is 10.0. The molecule has 0 unspecified atom stereocenters. The van der Waals surface area contributed by atoms with Crippen molar-refractivity contribution in [2.75, 3.05) is 0 Å². The van der Waals surface area contributed by atoms with Crippen LogP contribution >= 0.6 is 0 Å². The molecule has 0 nitrogen and oxygen atoms in total. The van der Waals surface area contributed by atoms with E-state index in [1.165, 1.54) is 0 Å². The Balaban J connectivity index is -0.0000000875. The van der Waals surface area contributed by atoms with E-state index in [1.54, 1.807) is 0 Å². The predicted molar refractivity (Wildman–Crippen MR) is 44.5 cm³/mol. The topological polar surface area (TPSA) is 0 Å². The minimum Gasteiger partial charge on any atom is -0.214 e. The number of rotatable bonds is 0. The summed E-state index contributed by atoms with van der Waals surface area (Å²) in [7, 11) is 0. The molecule has 0 atom stereocenters. The van der Waals surface area contributed by atoms with Gasteiger partial charge < -0.3 is 0 Å². The summed E-state index contributed by atoms with van der Waals surface area (Å²) < 4.78 is 0. The number of hydrogen-bond donors (Lipinski definition) is 0. The van der Waals surface area contributed by atoms with Crippen molar-refractivity contribution < 1.29 is 16.8 Å². The third-order valence-corrected chi connectivity index (χ3v) is 0.556. The summed E-state index contributed by atoms with van der Waals surface area (Å²) in [6.45, 7) is 12.0. The molecule has 0 aliphatic rings. The Morgan fingerprint density at radius 1 is 0.800 bits per heavy atom. The molecule has 1 radical (unpaired) electrons. The Hall–Kier alpha value is -0.664. The first-order valence-electron chi connectivity index (χ1n) is 2.67. The van der Waals surface area contributed by atoms with Gasteiger partial charge in [0.25, 0.3) is 0 Å². The van der Waals surface area contributed by atoms with Crippen molar-refractivity contribution in [1.82, 2.24) is 0 Å². The maximum Gasteiger partial charge on any atom is 0 e. The molecule has 0 amide bonds. The molecule has 0 heterocycles. The molecule has 0 aliphatic carbocycles. The predicted octanol–water partition coefficient (Wildman–Crippen LogP) is 3.01. The van der Waals surface area contributed by atoms with Crippen LogP contribution in [0.3, 0.4) is 0 Å². The average Bonchev–Trinajstić information content (AvgIpc) is 2.51. The molecule has 0 bridgehead atoms. The van der Waals surface area contributed by atoms with Crippen molar-refractivity contribution >= 4 is 0 Å². The summed E-state index contributed by atoms with van der Waals surface area (Å²) in [5.41, 5.74) is 0. The molecule has 1 rings (SSSR count). The second-order valence-corrected chi connectivity index (χ2v) is 0.962. The van der Waals surface area contributed by atoms with Gasteiger partial charge in [-0.1, -0.05) is 0 Å². The van der Waals surface area contributed by atoms with Gasteiger partial charge in [0.05, 0.1) is 0 Å². The van der Waals surface area contributed by atoms with E-state index in [2.05, 4.69) is 26.3 Å². The Morgan fingerprint density at radius 3 is 1.20 bits per heavy atom. The van der Waals surface area contributed by atoms with Crippen molar-refractivity contribution in [2.24, 2.45) is 0 Å². The van der Waals surface area contributed by atoms with Gasteiger partial charge in [0, 0.05) is 16.8 Å². The fraction of sp³-hybridized carbons (Fsp3) is 0. The van der Waals surface area contributed by atoms with E-state index in [0.717, 1.165) is 0 Å². The van der Waals surface area contributed by atoms with Crippen LogP contribution in [0.1, 0.15) is 0 Å². The summed E-state index contributed by atoms with van der Waals surface area (Å²) in [5.74, 6) is 0. The second kappa shape index (κ2) is 23.9. The van der Waals surface area contributed by atoms with Crippen LogP contribution in [0.4, 0.5) is 0 Å². The van der Waals surface area contributed by atoms with Gasteiger partial charge in [-0.2, -0.15) is 18.2 Å². The van der Waals surface area contributed by atoms with Crippen LogP contribution in [0.15, 0.2) is 56.6 Å². The molecule has 0 saturated carbocycles. The maximum atomic E-state index is 3.00. The first kappa shape index (κ1) is 16.2.